The summed E-state index contributed by atoms with van der Waals surface area (Å²) in [6, 6.07) is 15.8. The summed E-state index contributed by atoms with van der Waals surface area (Å²) >= 11 is 7.32. The molecule has 0 saturated carbocycles. The zero-order valence-electron chi connectivity index (χ0n) is 18.2. The molecule has 0 saturated heterocycles. The van der Waals surface area contributed by atoms with Crippen molar-refractivity contribution in [1.29, 1.82) is 0 Å². The molecule has 1 N–H and O–H groups in total. The van der Waals surface area contributed by atoms with Gasteiger partial charge >= 0.3 is 0 Å². The predicted octanol–water partition coefficient (Wildman–Crippen LogP) is 4.13. The Morgan fingerprint density at radius 3 is 2.85 bits per heavy atom. The van der Waals surface area contributed by atoms with E-state index in [0.717, 1.165) is 32.6 Å². The Kier molecular flexibility index (Phi) is 5.89. The number of carbonyl (C=O) groups is 2. The van der Waals surface area contributed by atoms with Crippen molar-refractivity contribution in [2.24, 2.45) is 0 Å². The van der Waals surface area contributed by atoms with Gasteiger partial charge in [0.15, 0.2) is 5.13 Å². The summed E-state index contributed by atoms with van der Waals surface area (Å²) in [7, 11) is 0. The molecule has 0 radical (unpaired) electrons. The molecule has 2 amide bonds. The monoisotopic (exact) mass is 493 g/mol. The minimum absolute atomic E-state index is 0.00415. The van der Waals surface area contributed by atoms with Crippen LogP contribution in [0.4, 0.5) is 10.8 Å². The maximum absolute atomic E-state index is 13.2. The van der Waals surface area contributed by atoms with Crippen LogP contribution >= 0.6 is 22.9 Å². The molecule has 0 fully saturated rings. The van der Waals surface area contributed by atoms with Crippen molar-refractivity contribution >= 4 is 55.8 Å². The van der Waals surface area contributed by atoms with Crippen molar-refractivity contribution in [2.45, 2.75) is 32.4 Å². The Morgan fingerprint density at radius 2 is 2.00 bits per heavy atom. The molecule has 3 heterocycles. The van der Waals surface area contributed by atoms with Gasteiger partial charge in [-0.3, -0.25) is 14.4 Å². The van der Waals surface area contributed by atoms with Crippen LogP contribution in [0.5, 0.6) is 0 Å². The highest BCUT2D eigenvalue weighted by Gasteiger charge is 2.32. The molecule has 0 bridgehead atoms. The number of aryl methyl sites for hydroxylation is 1. The molecule has 10 heteroatoms. The maximum Gasteiger partial charge on any atom is 0.278 e. The van der Waals surface area contributed by atoms with Gasteiger partial charge in [-0.05, 0) is 49.2 Å². The van der Waals surface area contributed by atoms with E-state index < -0.39 is 0 Å². The number of fused-ring (bicyclic) bond motifs is 2. The number of nitrogens with zero attached hydrogens (tertiary/aromatic N) is 4. The molecular formula is C24H20ClN5O3S. The van der Waals surface area contributed by atoms with E-state index in [0.29, 0.717) is 10.2 Å². The van der Waals surface area contributed by atoms with Crippen LogP contribution in [0, 0.1) is 0 Å². The average molecular weight is 494 g/mol. The number of carbonyl (C=O) groups excluding carboxylic acids is 2. The smallest absolute Gasteiger partial charge is 0.278 e. The van der Waals surface area contributed by atoms with Crippen LogP contribution in [0.25, 0.3) is 10.2 Å². The van der Waals surface area contributed by atoms with Gasteiger partial charge in [-0.15, -0.1) is 0 Å². The second kappa shape index (κ2) is 9.00. The first-order valence-electron chi connectivity index (χ1n) is 10.7. The fourth-order valence-corrected chi connectivity index (χ4v) is 5.22. The molecule has 172 valence electrons. The van der Waals surface area contributed by atoms with Gasteiger partial charge < -0.3 is 10.2 Å². The first-order valence-corrected chi connectivity index (χ1v) is 11.9. The number of amides is 2. The van der Waals surface area contributed by atoms with Crippen LogP contribution < -0.4 is 15.8 Å². The van der Waals surface area contributed by atoms with E-state index in [9.17, 15) is 14.4 Å². The molecule has 1 aliphatic heterocycles. The summed E-state index contributed by atoms with van der Waals surface area (Å²) in [4.78, 5) is 44.1. The van der Waals surface area contributed by atoms with Crippen LogP contribution in [0.2, 0.25) is 5.02 Å². The van der Waals surface area contributed by atoms with Crippen LogP contribution in [0.3, 0.4) is 0 Å². The lowest BCUT2D eigenvalue weighted by atomic mass is 10.1. The quantitative estimate of drug-likeness (QED) is 0.451. The number of nitrogens with one attached hydrogen (secondary N) is 1. The van der Waals surface area contributed by atoms with Crippen molar-refractivity contribution in [1.82, 2.24) is 14.8 Å². The van der Waals surface area contributed by atoms with E-state index in [1.54, 1.807) is 23.1 Å². The first-order chi connectivity index (χ1) is 16.4. The van der Waals surface area contributed by atoms with Crippen LogP contribution in [-0.2, 0) is 17.8 Å². The lowest BCUT2D eigenvalue weighted by molar-refractivity contribution is -0.116. The molecule has 0 spiro atoms. The highest BCUT2D eigenvalue weighted by atomic mass is 35.5. The molecule has 34 heavy (non-hydrogen) atoms. The summed E-state index contributed by atoms with van der Waals surface area (Å²) in [6.07, 6.45) is 0.768. The van der Waals surface area contributed by atoms with E-state index in [1.165, 1.54) is 23.5 Å². The third-order valence-corrected chi connectivity index (χ3v) is 6.83. The SMILES string of the molecule is C[C@@H]1Cc2ccccc2N1C(=O)c1ccc(=O)n(CCC(=O)Nc2nc3ccc(Cl)cc3s2)n1. The third kappa shape index (κ3) is 4.32. The Bertz CT molecular complexity index is 1480. The molecule has 8 nitrogen and oxygen atoms in total. The largest absolute Gasteiger partial charge is 0.304 e. The van der Waals surface area contributed by atoms with Crippen molar-refractivity contribution in [3.63, 3.8) is 0 Å². The normalized spacial score (nSPS) is 14.9. The molecule has 1 atom stereocenters. The number of hydrogen-bond donors (Lipinski definition) is 1. The number of aromatic nitrogens is 3. The highest BCUT2D eigenvalue weighted by molar-refractivity contribution is 7.22. The Hall–Kier alpha value is -3.56. The van der Waals surface area contributed by atoms with Gasteiger partial charge in [-0.25, -0.2) is 9.67 Å². The summed E-state index contributed by atoms with van der Waals surface area (Å²) in [6.45, 7) is 2.02. The van der Waals surface area contributed by atoms with Gasteiger partial charge in [0.25, 0.3) is 11.5 Å². The highest BCUT2D eigenvalue weighted by Crippen LogP contribution is 2.32. The minimum atomic E-state index is -0.381. The first kappa shape index (κ1) is 22.2. The average Bonchev–Trinajstić information content (AvgIpc) is 3.36. The second-order valence-electron chi connectivity index (χ2n) is 8.07. The molecule has 5 rings (SSSR count). The van der Waals surface area contributed by atoms with E-state index in [-0.39, 0.29) is 42.1 Å². The summed E-state index contributed by atoms with van der Waals surface area (Å²) in [5.41, 5.74) is 2.48. The number of hydrogen-bond acceptors (Lipinski definition) is 6. The molecule has 2 aromatic heterocycles. The van der Waals surface area contributed by atoms with Gasteiger partial charge in [0.1, 0.15) is 5.69 Å². The van der Waals surface area contributed by atoms with Crippen molar-refractivity contribution in [3.05, 3.63) is 81.2 Å². The minimum Gasteiger partial charge on any atom is -0.304 e. The number of benzene rings is 2. The molecule has 0 unspecified atom stereocenters. The van der Waals surface area contributed by atoms with Gasteiger partial charge in [-0.2, -0.15) is 5.10 Å². The fraction of sp³-hybridized carbons (Fsp3) is 0.208. The number of para-hydroxylation sites is 1. The van der Waals surface area contributed by atoms with Gasteiger partial charge in [0, 0.05) is 29.2 Å². The summed E-state index contributed by atoms with van der Waals surface area (Å²) < 4.78 is 2.02. The third-order valence-electron chi connectivity index (χ3n) is 5.66. The van der Waals surface area contributed by atoms with E-state index in [2.05, 4.69) is 15.4 Å². The Balaban J connectivity index is 1.29. The molecule has 4 aromatic rings. The van der Waals surface area contributed by atoms with Gasteiger partial charge in [0.05, 0.1) is 16.8 Å². The topological polar surface area (TPSA) is 97.2 Å². The number of halogens is 1. The second-order valence-corrected chi connectivity index (χ2v) is 9.53. The van der Waals surface area contributed by atoms with Crippen LogP contribution in [0.15, 0.2) is 59.4 Å². The zero-order chi connectivity index (χ0) is 23.8. The number of thiazole rings is 1. The molecule has 2 aromatic carbocycles. The molecule has 1 aliphatic rings. The van der Waals surface area contributed by atoms with Crippen molar-refractivity contribution in [3.8, 4) is 0 Å². The lowest BCUT2D eigenvalue weighted by Gasteiger charge is -2.22. The van der Waals surface area contributed by atoms with E-state index in [4.69, 9.17) is 11.6 Å². The van der Waals surface area contributed by atoms with Crippen molar-refractivity contribution < 1.29 is 9.59 Å². The van der Waals surface area contributed by atoms with Crippen LogP contribution in [0.1, 0.15) is 29.4 Å². The molecule has 0 aliphatic carbocycles. The Morgan fingerprint density at radius 1 is 1.18 bits per heavy atom. The van der Waals surface area contributed by atoms with E-state index in [1.807, 2.05) is 31.2 Å². The predicted molar refractivity (Wildman–Crippen MR) is 133 cm³/mol. The van der Waals surface area contributed by atoms with Gasteiger partial charge in [0.2, 0.25) is 5.91 Å². The summed E-state index contributed by atoms with van der Waals surface area (Å²) in [5.74, 6) is -0.582. The van der Waals surface area contributed by atoms with Crippen molar-refractivity contribution in [2.75, 3.05) is 10.2 Å². The van der Waals surface area contributed by atoms with Crippen LogP contribution in [-0.4, -0.2) is 32.6 Å². The number of anilines is 2. The molecular weight excluding hydrogens is 474 g/mol. The summed E-state index contributed by atoms with van der Waals surface area (Å²) in [5, 5.41) is 8.05. The lowest BCUT2D eigenvalue weighted by Crippen LogP contribution is -2.37. The fourth-order valence-electron chi connectivity index (χ4n) is 4.06. The maximum atomic E-state index is 13.2. The standard InChI is InChI=1S/C24H20ClN5O3S/c1-14-12-15-4-2-3-5-19(15)30(14)23(33)18-8-9-22(32)29(28-18)11-10-21(31)27-24-26-17-7-6-16(25)13-20(17)34-24/h2-9,13-14H,10-12H2,1H3,(H,26,27,31)/t14-/m1/s1. The van der Waals surface area contributed by atoms with Gasteiger partial charge in [-0.1, -0.05) is 41.1 Å². The zero-order valence-corrected chi connectivity index (χ0v) is 19.8. The number of rotatable bonds is 5. The van der Waals surface area contributed by atoms with E-state index >= 15 is 0 Å². The Labute approximate surface area is 203 Å².